The van der Waals surface area contributed by atoms with E-state index in [0.29, 0.717) is 16.7 Å². The van der Waals surface area contributed by atoms with Crippen LogP contribution < -0.4 is 5.32 Å². The molecule has 0 aliphatic carbocycles. The fraction of sp³-hybridized carbons (Fsp3) is 0.273. The zero-order valence-electron chi connectivity index (χ0n) is 15.7. The van der Waals surface area contributed by atoms with Crippen molar-refractivity contribution in [2.75, 3.05) is 0 Å². The zero-order chi connectivity index (χ0) is 19.6. The van der Waals surface area contributed by atoms with Crippen molar-refractivity contribution in [3.8, 4) is 0 Å². The predicted molar refractivity (Wildman–Crippen MR) is 104 cm³/mol. The highest BCUT2D eigenvalue weighted by molar-refractivity contribution is 5.91. The van der Waals surface area contributed by atoms with Crippen LogP contribution in [-0.2, 0) is 16.8 Å². The van der Waals surface area contributed by atoms with Crippen LogP contribution in [0, 0.1) is 5.82 Å². The van der Waals surface area contributed by atoms with E-state index in [-0.39, 0.29) is 17.8 Å². The Kier molecular flexibility index (Phi) is 5.24. The predicted octanol–water partition coefficient (Wildman–Crippen LogP) is 4.02. The number of pyridine rings is 1. The number of benzene rings is 2. The van der Waals surface area contributed by atoms with Crippen LogP contribution in [0.3, 0.4) is 0 Å². The second-order valence-electron chi connectivity index (χ2n) is 7.63. The molecule has 0 saturated carbocycles. The van der Waals surface area contributed by atoms with Crippen molar-refractivity contribution in [2.45, 2.75) is 38.8 Å². The highest BCUT2D eigenvalue weighted by Crippen LogP contribution is 2.26. The van der Waals surface area contributed by atoms with Gasteiger partial charge in [0.05, 0.1) is 0 Å². The van der Waals surface area contributed by atoms with Gasteiger partial charge in [-0.2, -0.15) is 0 Å². The van der Waals surface area contributed by atoms with Gasteiger partial charge in [0.1, 0.15) is 5.82 Å². The first-order valence-electron chi connectivity index (χ1n) is 8.84. The molecule has 1 aromatic heterocycles. The number of halogens is 1. The molecule has 4 nitrogen and oxygen atoms in total. The first-order chi connectivity index (χ1) is 12.8. The van der Waals surface area contributed by atoms with E-state index in [4.69, 9.17) is 0 Å². The lowest BCUT2D eigenvalue weighted by Crippen LogP contribution is -2.29. The third-order valence-corrected chi connectivity index (χ3v) is 4.57. The molecule has 0 bridgehead atoms. The summed E-state index contributed by atoms with van der Waals surface area (Å²) in [5, 5.41) is 14.8. The summed E-state index contributed by atoms with van der Waals surface area (Å²) in [5.74, 6) is -0.823. The van der Waals surface area contributed by atoms with E-state index in [0.717, 1.165) is 10.8 Å². The minimum absolute atomic E-state index is 0.142. The van der Waals surface area contributed by atoms with Gasteiger partial charge in [0.25, 0.3) is 5.91 Å². The monoisotopic (exact) mass is 366 g/mol. The van der Waals surface area contributed by atoms with E-state index in [2.05, 4.69) is 10.3 Å². The summed E-state index contributed by atoms with van der Waals surface area (Å²) in [4.78, 5) is 16.5. The number of fused-ring (bicyclic) bond motifs is 1. The topological polar surface area (TPSA) is 62.2 Å². The summed E-state index contributed by atoms with van der Waals surface area (Å²) in [7, 11) is 0. The molecule has 2 N–H and O–H groups in total. The Labute approximate surface area is 158 Å². The molecule has 2 aromatic carbocycles. The number of carbonyl (C=O) groups is 1. The molecule has 0 saturated heterocycles. The fourth-order valence-electron chi connectivity index (χ4n) is 3.09. The normalized spacial score (nSPS) is 12.8. The van der Waals surface area contributed by atoms with Crippen molar-refractivity contribution in [1.82, 2.24) is 10.3 Å². The van der Waals surface area contributed by atoms with Gasteiger partial charge in [-0.3, -0.25) is 9.78 Å². The summed E-state index contributed by atoms with van der Waals surface area (Å²) in [5.41, 5.74) is 1.50. The van der Waals surface area contributed by atoms with Crippen LogP contribution in [0.15, 0.2) is 54.9 Å². The van der Waals surface area contributed by atoms with Gasteiger partial charge < -0.3 is 10.4 Å². The quantitative estimate of drug-likeness (QED) is 0.733. The Morgan fingerprint density at radius 2 is 2.00 bits per heavy atom. The maximum absolute atomic E-state index is 14.3. The summed E-state index contributed by atoms with van der Waals surface area (Å²) in [6, 6.07) is 12.1. The second-order valence-corrected chi connectivity index (χ2v) is 7.63. The summed E-state index contributed by atoms with van der Waals surface area (Å²) in [6.45, 7) is 5.98. The van der Waals surface area contributed by atoms with Gasteiger partial charge in [-0.15, -0.1) is 0 Å². The van der Waals surface area contributed by atoms with Crippen molar-refractivity contribution in [3.63, 3.8) is 0 Å². The molecule has 1 amide bonds. The van der Waals surface area contributed by atoms with Gasteiger partial charge in [0, 0.05) is 24.3 Å². The van der Waals surface area contributed by atoms with Gasteiger partial charge >= 0.3 is 0 Å². The van der Waals surface area contributed by atoms with Gasteiger partial charge in [-0.25, -0.2) is 4.39 Å². The molecule has 0 aliphatic heterocycles. The van der Waals surface area contributed by atoms with E-state index >= 15 is 0 Å². The molecule has 0 fully saturated rings. The Balaban J connectivity index is 1.73. The summed E-state index contributed by atoms with van der Waals surface area (Å²) < 4.78 is 14.3. The minimum atomic E-state index is -1.31. The van der Waals surface area contributed by atoms with E-state index in [9.17, 15) is 14.3 Å². The molecule has 1 atom stereocenters. The largest absolute Gasteiger partial charge is 0.378 e. The number of aliphatic hydroxyl groups excluding tert-OH is 1. The van der Waals surface area contributed by atoms with Crippen molar-refractivity contribution in [1.29, 1.82) is 0 Å². The molecule has 1 heterocycles. The molecule has 0 spiro atoms. The van der Waals surface area contributed by atoms with Gasteiger partial charge in [0.2, 0.25) is 0 Å². The molecule has 0 radical (unpaired) electrons. The lowest BCUT2D eigenvalue weighted by atomic mass is 9.86. The van der Waals surface area contributed by atoms with E-state index < -0.39 is 12.0 Å². The number of nitrogens with one attached hydrogen (secondary N) is 1. The number of aromatic nitrogens is 1. The number of nitrogens with zero attached hydrogens (tertiary/aromatic N) is 1. The fourth-order valence-corrected chi connectivity index (χ4v) is 3.09. The smallest absolute Gasteiger partial charge is 0.253 e. The number of hydrogen-bond acceptors (Lipinski definition) is 3. The number of amides is 1. The van der Waals surface area contributed by atoms with Crippen LogP contribution in [0.2, 0.25) is 0 Å². The molecule has 27 heavy (non-hydrogen) atoms. The van der Waals surface area contributed by atoms with Crippen LogP contribution in [0.4, 0.5) is 4.39 Å². The Morgan fingerprint density at radius 1 is 1.22 bits per heavy atom. The average Bonchev–Trinajstić information content (AvgIpc) is 2.64. The lowest BCUT2D eigenvalue weighted by molar-refractivity contribution is -0.129. The molecule has 1 unspecified atom stereocenters. The molecule has 3 aromatic rings. The van der Waals surface area contributed by atoms with Crippen molar-refractivity contribution >= 4 is 16.7 Å². The average molecular weight is 366 g/mol. The maximum atomic E-state index is 14.3. The molecule has 0 aliphatic rings. The number of hydrogen-bond donors (Lipinski definition) is 2. The van der Waals surface area contributed by atoms with E-state index in [1.807, 2.05) is 26.8 Å². The zero-order valence-corrected chi connectivity index (χ0v) is 15.7. The second kappa shape index (κ2) is 7.45. The van der Waals surface area contributed by atoms with Gasteiger partial charge in [-0.1, -0.05) is 51.1 Å². The number of aliphatic hydroxyl groups is 1. The lowest BCUT2D eigenvalue weighted by Gasteiger charge is -2.20. The number of rotatable bonds is 4. The van der Waals surface area contributed by atoms with E-state index in [1.165, 1.54) is 6.07 Å². The number of carbonyl (C=O) groups excluding carboxylic acids is 1. The van der Waals surface area contributed by atoms with Crippen LogP contribution in [0.25, 0.3) is 10.8 Å². The van der Waals surface area contributed by atoms with Gasteiger partial charge in [-0.05, 0) is 39.6 Å². The highest BCUT2D eigenvalue weighted by Gasteiger charge is 2.21. The van der Waals surface area contributed by atoms with Crippen molar-refractivity contribution in [3.05, 3.63) is 77.4 Å². The minimum Gasteiger partial charge on any atom is -0.378 e. The summed E-state index contributed by atoms with van der Waals surface area (Å²) >= 11 is 0. The summed E-state index contributed by atoms with van der Waals surface area (Å²) in [6.07, 6.45) is 1.99. The van der Waals surface area contributed by atoms with Crippen molar-refractivity contribution < 1.29 is 14.3 Å². The molecular formula is C22H23FN2O2. The molecule has 3 rings (SSSR count). The molecule has 5 heteroatoms. The maximum Gasteiger partial charge on any atom is 0.253 e. The molecule has 140 valence electrons. The SMILES string of the molecule is CC(C)(C)c1ccc(CNC(=O)C(O)c2cccc3cnccc23)cc1F. The Bertz CT molecular complexity index is 974. The third kappa shape index (κ3) is 4.14. The first kappa shape index (κ1) is 19.0. The molecular weight excluding hydrogens is 343 g/mol. The Hall–Kier alpha value is -2.79. The first-order valence-corrected chi connectivity index (χ1v) is 8.84. The van der Waals surface area contributed by atoms with Crippen LogP contribution in [0.5, 0.6) is 0 Å². The van der Waals surface area contributed by atoms with Crippen LogP contribution >= 0.6 is 0 Å². The standard InChI is InChI=1S/C22H23FN2O2/c1-22(2,3)18-8-7-14(11-19(18)23)12-25-21(27)20(26)17-6-4-5-15-13-24-10-9-16(15)17/h4-11,13,20,26H,12H2,1-3H3,(H,25,27). The van der Waals surface area contributed by atoms with Crippen molar-refractivity contribution in [2.24, 2.45) is 0 Å². The van der Waals surface area contributed by atoms with Crippen LogP contribution in [0.1, 0.15) is 43.6 Å². The van der Waals surface area contributed by atoms with Crippen LogP contribution in [-0.4, -0.2) is 16.0 Å². The van der Waals surface area contributed by atoms with E-state index in [1.54, 1.807) is 42.7 Å². The third-order valence-electron chi connectivity index (χ3n) is 4.57. The Morgan fingerprint density at radius 3 is 2.70 bits per heavy atom. The highest BCUT2D eigenvalue weighted by atomic mass is 19.1. The van der Waals surface area contributed by atoms with Gasteiger partial charge in [0.15, 0.2) is 6.10 Å².